The van der Waals surface area contributed by atoms with Gasteiger partial charge in [-0.15, -0.1) is 0 Å². The molecule has 0 bridgehead atoms. The number of aliphatic hydroxyl groups excluding tert-OH is 1. The predicted octanol–water partition coefficient (Wildman–Crippen LogP) is 4.11. The molecule has 0 aromatic rings. The molecule has 1 N–H and O–H groups in total. The van der Waals surface area contributed by atoms with E-state index < -0.39 is 15.4 Å². The Balaban J connectivity index is 0. The molecule has 0 fully saturated rings. The van der Waals surface area contributed by atoms with E-state index in [0.29, 0.717) is 12.8 Å². The van der Waals surface area contributed by atoms with Crippen molar-refractivity contribution in [1.82, 2.24) is 0 Å². The molecule has 0 heterocycles. The van der Waals surface area contributed by atoms with E-state index >= 15 is 0 Å². The van der Waals surface area contributed by atoms with Crippen LogP contribution in [0.2, 0.25) is 0 Å². The van der Waals surface area contributed by atoms with Crippen LogP contribution in [0.3, 0.4) is 0 Å². The molecule has 176 valence electrons. The van der Waals surface area contributed by atoms with Crippen LogP contribution in [0.4, 0.5) is 0 Å². The monoisotopic (exact) mass is 456 g/mol. The first-order chi connectivity index (χ1) is 13.9. The second-order valence-electron chi connectivity index (χ2n) is 8.87. The molecular formula is C24H49NaO4S. The minimum atomic E-state index is -4.20. The molecular weight excluding hydrogens is 407 g/mol. The van der Waals surface area contributed by atoms with Crippen LogP contribution in [-0.2, 0) is 10.1 Å². The Bertz CT molecular complexity index is 442. The molecule has 0 rings (SSSR count). The Morgan fingerprint density at radius 3 is 1.30 bits per heavy atom. The van der Waals surface area contributed by atoms with Crippen LogP contribution >= 0.6 is 0 Å². The first-order valence-electron chi connectivity index (χ1n) is 12.5. The molecule has 0 aliphatic carbocycles. The van der Waals surface area contributed by atoms with E-state index in [-0.39, 0.29) is 35.7 Å². The van der Waals surface area contributed by atoms with Gasteiger partial charge in [0.1, 0.15) is 0 Å². The fourth-order valence-electron chi connectivity index (χ4n) is 4.00. The van der Waals surface area contributed by atoms with Crippen molar-refractivity contribution in [3.8, 4) is 0 Å². The van der Waals surface area contributed by atoms with Gasteiger partial charge in [-0.3, -0.25) is 0 Å². The van der Waals surface area contributed by atoms with Gasteiger partial charge in [0.2, 0.25) is 0 Å². The molecule has 0 aliphatic rings. The summed E-state index contributed by atoms with van der Waals surface area (Å²) in [5, 5.41) is 9.38. The molecule has 0 radical (unpaired) electrons. The molecule has 2 unspecified atom stereocenters. The Labute approximate surface area is 210 Å². The number of hydrogen-bond acceptors (Lipinski definition) is 4. The van der Waals surface area contributed by atoms with Crippen molar-refractivity contribution < 1.29 is 47.6 Å². The Kier molecular flexibility index (Phi) is 25.4. The van der Waals surface area contributed by atoms with Gasteiger partial charge in [-0.2, -0.15) is 0 Å². The molecule has 0 saturated heterocycles. The van der Waals surface area contributed by atoms with Gasteiger partial charge < -0.3 is 9.66 Å². The van der Waals surface area contributed by atoms with Gasteiger partial charge in [0.15, 0.2) is 0 Å². The van der Waals surface area contributed by atoms with Gasteiger partial charge in [0.25, 0.3) is 0 Å². The summed E-state index contributed by atoms with van der Waals surface area (Å²) in [6.45, 7) is 4.39. The number of hydrogen-bond donors (Lipinski definition) is 1. The summed E-state index contributed by atoms with van der Waals surface area (Å²) in [6.07, 6.45) is 20.6. The maximum Gasteiger partial charge on any atom is 1.00 e. The fraction of sp³-hybridized carbons (Fsp3) is 1.00. The summed E-state index contributed by atoms with van der Waals surface area (Å²) < 4.78 is 34.4. The van der Waals surface area contributed by atoms with Crippen LogP contribution in [0.5, 0.6) is 0 Å². The van der Waals surface area contributed by atoms with Crippen LogP contribution in [0.25, 0.3) is 0 Å². The quantitative estimate of drug-likeness (QED) is 0.151. The summed E-state index contributed by atoms with van der Waals surface area (Å²) in [7, 11) is -4.20. The topological polar surface area (TPSA) is 77.4 Å². The average molecular weight is 457 g/mol. The van der Waals surface area contributed by atoms with E-state index in [4.69, 9.17) is 0 Å². The van der Waals surface area contributed by atoms with E-state index in [9.17, 15) is 18.1 Å². The van der Waals surface area contributed by atoms with Crippen LogP contribution in [0, 0.1) is 0 Å². The first kappa shape index (κ1) is 33.0. The molecule has 0 saturated carbocycles. The van der Waals surface area contributed by atoms with Gasteiger partial charge in [0, 0.05) is 5.25 Å². The van der Waals surface area contributed by atoms with Crippen molar-refractivity contribution in [1.29, 1.82) is 0 Å². The van der Waals surface area contributed by atoms with Gasteiger partial charge >= 0.3 is 29.6 Å². The second-order valence-corrected chi connectivity index (χ2v) is 10.5. The van der Waals surface area contributed by atoms with Gasteiger partial charge in [-0.25, -0.2) is 8.42 Å². The molecule has 4 nitrogen and oxygen atoms in total. The van der Waals surface area contributed by atoms with Crippen molar-refractivity contribution in [3.63, 3.8) is 0 Å². The van der Waals surface area contributed by atoms with Crippen LogP contribution in [-0.4, -0.2) is 29.4 Å². The summed E-state index contributed by atoms with van der Waals surface area (Å²) in [5.74, 6) is 0. The van der Waals surface area contributed by atoms with E-state index in [1.807, 2.05) is 0 Å². The smallest absolute Gasteiger partial charge is 0.748 e. The maximum absolute atomic E-state index is 11.5. The Morgan fingerprint density at radius 2 is 0.900 bits per heavy atom. The van der Waals surface area contributed by atoms with Crippen LogP contribution in [0.1, 0.15) is 142 Å². The first-order valence-corrected chi connectivity index (χ1v) is 14.0. The zero-order valence-electron chi connectivity index (χ0n) is 20.4. The third kappa shape index (κ3) is 22.1. The number of unbranched alkanes of at least 4 members (excludes halogenated alkanes) is 13. The zero-order valence-corrected chi connectivity index (χ0v) is 23.2. The van der Waals surface area contributed by atoms with Crippen LogP contribution in [0.15, 0.2) is 0 Å². The van der Waals surface area contributed by atoms with Gasteiger partial charge in [-0.05, 0) is 25.7 Å². The molecule has 0 spiro atoms. The second kappa shape index (κ2) is 23.0. The molecule has 0 aromatic carbocycles. The molecule has 0 amide bonds. The van der Waals surface area contributed by atoms with Crippen LogP contribution < -0.4 is 29.6 Å². The average Bonchev–Trinajstić information content (AvgIpc) is 2.67. The molecule has 30 heavy (non-hydrogen) atoms. The summed E-state index contributed by atoms with van der Waals surface area (Å²) in [4.78, 5) is 0. The van der Waals surface area contributed by atoms with Crippen molar-refractivity contribution >= 4 is 10.1 Å². The summed E-state index contributed by atoms with van der Waals surface area (Å²) in [6, 6.07) is 0. The van der Waals surface area contributed by atoms with Crippen molar-refractivity contribution in [2.75, 3.05) is 0 Å². The number of rotatable bonds is 22. The standard InChI is InChI=1S/C24H50O4S.Na/c1-3-5-7-9-10-11-12-14-15-19-23(25)20-17-18-22-24(29(26,27)28)21-16-13-8-6-4-2;/h23-25H,3-22H2,1-2H3,(H,26,27,28);/q;+1/p-1. The van der Waals surface area contributed by atoms with E-state index in [1.54, 1.807) is 0 Å². The van der Waals surface area contributed by atoms with Crippen molar-refractivity contribution in [3.05, 3.63) is 0 Å². The third-order valence-corrected chi connectivity index (χ3v) is 7.28. The zero-order chi connectivity index (χ0) is 21.8. The Morgan fingerprint density at radius 1 is 0.600 bits per heavy atom. The minimum Gasteiger partial charge on any atom is -0.748 e. The fourth-order valence-corrected chi connectivity index (χ4v) is 4.91. The SMILES string of the molecule is CCCCCCCCCCCC(O)CCCCC(CCCCCCC)S(=O)(=O)[O-].[Na+]. The summed E-state index contributed by atoms with van der Waals surface area (Å²) in [5.41, 5.74) is 0. The number of aliphatic hydroxyl groups is 1. The van der Waals surface area contributed by atoms with Crippen molar-refractivity contribution in [2.45, 2.75) is 154 Å². The van der Waals surface area contributed by atoms with E-state index in [1.165, 1.54) is 57.8 Å². The summed E-state index contributed by atoms with van der Waals surface area (Å²) >= 11 is 0. The maximum atomic E-state index is 11.5. The molecule has 0 aliphatic heterocycles. The third-order valence-electron chi connectivity index (χ3n) is 5.99. The van der Waals surface area contributed by atoms with Gasteiger partial charge in [-0.1, -0.05) is 117 Å². The van der Waals surface area contributed by atoms with E-state index in [2.05, 4.69) is 13.8 Å². The predicted molar refractivity (Wildman–Crippen MR) is 123 cm³/mol. The largest absolute Gasteiger partial charge is 1.00 e. The van der Waals surface area contributed by atoms with Crippen molar-refractivity contribution in [2.24, 2.45) is 0 Å². The van der Waals surface area contributed by atoms with Gasteiger partial charge in [0.05, 0.1) is 16.2 Å². The molecule has 2 atom stereocenters. The minimum absolute atomic E-state index is 0. The van der Waals surface area contributed by atoms with E-state index in [0.717, 1.165) is 57.8 Å². The normalized spacial score (nSPS) is 13.7. The molecule has 6 heteroatoms. The molecule has 0 aromatic heterocycles. The Hall–Kier alpha value is 0.870.